The summed E-state index contributed by atoms with van der Waals surface area (Å²) in [6.45, 7) is 2.97. The van der Waals surface area contributed by atoms with Gasteiger partial charge in [0.2, 0.25) is 0 Å². The van der Waals surface area contributed by atoms with Crippen molar-refractivity contribution in [1.29, 1.82) is 0 Å². The van der Waals surface area contributed by atoms with Crippen molar-refractivity contribution in [1.82, 2.24) is 5.32 Å². The smallest absolute Gasteiger partial charge is 0.119 e. The number of benzene rings is 1. The molecule has 130 valence electrons. The molecule has 1 N–H and O–H groups in total. The third-order valence-corrected chi connectivity index (χ3v) is 4.93. The van der Waals surface area contributed by atoms with E-state index in [1.807, 2.05) is 24.3 Å². The Labute approximate surface area is 146 Å². The Kier molecular flexibility index (Phi) is 8.04. The van der Waals surface area contributed by atoms with Crippen molar-refractivity contribution in [3.8, 4) is 11.5 Å². The topological polar surface area (TPSA) is 30.5 Å². The molecule has 4 heteroatoms. The van der Waals surface area contributed by atoms with E-state index in [0.717, 1.165) is 50.0 Å². The molecule has 0 bridgehead atoms. The van der Waals surface area contributed by atoms with Crippen LogP contribution in [0.1, 0.15) is 51.4 Å². The van der Waals surface area contributed by atoms with Gasteiger partial charge in [-0.25, -0.2) is 0 Å². The maximum atomic E-state index is 6.01. The Morgan fingerprint density at radius 2 is 1.52 bits per heavy atom. The van der Waals surface area contributed by atoms with Crippen LogP contribution in [0.2, 0.25) is 0 Å². The van der Waals surface area contributed by atoms with E-state index in [9.17, 15) is 0 Å². The molecule has 0 radical (unpaired) electrons. The van der Waals surface area contributed by atoms with E-state index in [1.165, 1.54) is 38.5 Å². The Balaban J connectivity index is 0.00000192. The summed E-state index contributed by atoms with van der Waals surface area (Å²) < 4.78 is 11.9. The van der Waals surface area contributed by atoms with E-state index in [4.69, 9.17) is 9.47 Å². The maximum Gasteiger partial charge on any atom is 0.119 e. The molecule has 1 aliphatic carbocycles. The van der Waals surface area contributed by atoms with Crippen LogP contribution >= 0.6 is 12.4 Å². The van der Waals surface area contributed by atoms with Gasteiger partial charge in [-0.3, -0.25) is 0 Å². The fraction of sp³-hybridized carbons (Fsp3) is 0.684. The van der Waals surface area contributed by atoms with Gasteiger partial charge in [-0.2, -0.15) is 0 Å². The Bertz CT molecular complexity index is 426. The lowest BCUT2D eigenvalue weighted by atomic mass is 9.87. The van der Waals surface area contributed by atoms with E-state index >= 15 is 0 Å². The zero-order chi connectivity index (χ0) is 15.0. The van der Waals surface area contributed by atoms with Crippen molar-refractivity contribution in [2.24, 2.45) is 5.92 Å². The predicted molar refractivity (Wildman–Crippen MR) is 96.9 cm³/mol. The summed E-state index contributed by atoms with van der Waals surface area (Å²) in [6, 6.07) is 8.16. The molecule has 0 amide bonds. The zero-order valence-electron chi connectivity index (χ0n) is 14.0. The quantitative estimate of drug-likeness (QED) is 0.822. The standard InChI is InChI=1S/C19H29NO2.ClH/c1-2-4-16(5-3-1)12-15-21-17-6-8-18(9-7-17)22-19-10-13-20-14-11-19;/h6-9,16,19-20H,1-5,10-15H2;1H. The first-order valence-corrected chi connectivity index (χ1v) is 9.00. The maximum absolute atomic E-state index is 6.01. The van der Waals surface area contributed by atoms with Crippen molar-refractivity contribution in [2.75, 3.05) is 19.7 Å². The number of halogens is 1. The predicted octanol–water partition coefficient (Wildman–Crippen LogP) is 4.59. The number of hydrogen-bond acceptors (Lipinski definition) is 3. The van der Waals surface area contributed by atoms with Crippen LogP contribution < -0.4 is 14.8 Å². The normalized spacial score (nSPS) is 19.8. The van der Waals surface area contributed by atoms with Gasteiger partial charge in [-0.1, -0.05) is 32.1 Å². The minimum atomic E-state index is 0. The van der Waals surface area contributed by atoms with Crippen molar-refractivity contribution in [3.63, 3.8) is 0 Å². The molecule has 0 aromatic heterocycles. The molecular weight excluding hydrogens is 310 g/mol. The van der Waals surface area contributed by atoms with Gasteiger partial charge in [0.1, 0.15) is 17.6 Å². The van der Waals surface area contributed by atoms with Gasteiger partial charge in [-0.15, -0.1) is 12.4 Å². The molecule has 1 aromatic rings. The number of piperidine rings is 1. The van der Waals surface area contributed by atoms with Crippen LogP contribution in [-0.2, 0) is 0 Å². The third kappa shape index (κ3) is 6.23. The summed E-state index contributed by atoms with van der Waals surface area (Å²) in [7, 11) is 0. The van der Waals surface area contributed by atoms with Crippen LogP contribution in [-0.4, -0.2) is 25.8 Å². The van der Waals surface area contributed by atoms with Crippen molar-refractivity contribution < 1.29 is 9.47 Å². The number of nitrogens with one attached hydrogen (secondary N) is 1. The summed E-state index contributed by atoms with van der Waals surface area (Å²) in [5.41, 5.74) is 0. The lowest BCUT2D eigenvalue weighted by Crippen LogP contribution is -2.34. The van der Waals surface area contributed by atoms with E-state index in [1.54, 1.807) is 0 Å². The molecule has 3 nitrogen and oxygen atoms in total. The highest BCUT2D eigenvalue weighted by Crippen LogP contribution is 2.27. The Morgan fingerprint density at radius 1 is 0.870 bits per heavy atom. The van der Waals surface area contributed by atoms with Crippen molar-refractivity contribution in [3.05, 3.63) is 24.3 Å². The van der Waals surface area contributed by atoms with E-state index in [-0.39, 0.29) is 12.4 Å². The van der Waals surface area contributed by atoms with Gasteiger partial charge in [0.05, 0.1) is 6.61 Å². The molecule has 3 rings (SSSR count). The van der Waals surface area contributed by atoms with Gasteiger partial charge >= 0.3 is 0 Å². The zero-order valence-corrected chi connectivity index (χ0v) is 14.8. The van der Waals surface area contributed by atoms with Crippen LogP contribution in [0.5, 0.6) is 11.5 Å². The molecule has 1 saturated carbocycles. The molecule has 0 spiro atoms. The first-order valence-electron chi connectivity index (χ1n) is 9.00. The lowest BCUT2D eigenvalue weighted by molar-refractivity contribution is 0.162. The second-order valence-corrected chi connectivity index (χ2v) is 6.68. The van der Waals surface area contributed by atoms with Crippen LogP contribution in [0.25, 0.3) is 0 Å². The largest absolute Gasteiger partial charge is 0.494 e. The Morgan fingerprint density at radius 3 is 2.22 bits per heavy atom. The molecule has 1 heterocycles. The summed E-state index contributed by atoms with van der Waals surface area (Å²) >= 11 is 0. The van der Waals surface area contributed by atoms with Crippen molar-refractivity contribution >= 4 is 12.4 Å². The molecule has 2 aliphatic rings. The highest BCUT2D eigenvalue weighted by atomic mass is 35.5. The van der Waals surface area contributed by atoms with Crippen LogP contribution in [0.15, 0.2) is 24.3 Å². The molecule has 0 unspecified atom stereocenters. The van der Waals surface area contributed by atoms with Gasteiger partial charge in [-0.05, 0) is 62.5 Å². The molecule has 1 saturated heterocycles. The highest BCUT2D eigenvalue weighted by molar-refractivity contribution is 5.85. The summed E-state index contributed by atoms with van der Waals surface area (Å²) in [4.78, 5) is 0. The second-order valence-electron chi connectivity index (χ2n) is 6.68. The van der Waals surface area contributed by atoms with Crippen LogP contribution in [0, 0.1) is 5.92 Å². The molecule has 0 atom stereocenters. The molecule has 23 heavy (non-hydrogen) atoms. The minimum absolute atomic E-state index is 0. The molecular formula is C19H30ClNO2. The average molecular weight is 340 g/mol. The molecule has 1 aliphatic heterocycles. The number of ether oxygens (including phenoxy) is 2. The third-order valence-electron chi connectivity index (χ3n) is 4.93. The van der Waals surface area contributed by atoms with E-state index in [0.29, 0.717) is 6.10 Å². The summed E-state index contributed by atoms with van der Waals surface area (Å²) in [5.74, 6) is 2.82. The second kappa shape index (κ2) is 10.0. The number of hydrogen-bond donors (Lipinski definition) is 1. The fourth-order valence-electron chi connectivity index (χ4n) is 3.54. The van der Waals surface area contributed by atoms with Crippen molar-refractivity contribution in [2.45, 2.75) is 57.5 Å². The summed E-state index contributed by atoms with van der Waals surface area (Å²) in [6.07, 6.45) is 10.8. The SMILES string of the molecule is Cl.c1cc(OC2CCNCC2)ccc1OCCC1CCCCC1. The van der Waals surface area contributed by atoms with E-state index < -0.39 is 0 Å². The molecule has 1 aromatic carbocycles. The van der Waals surface area contributed by atoms with Gasteiger partial charge < -0.3 is 14.8 Å². The minimum Gasteiger partial charge on any atom is -0.494 e. The Hall–Kier alpha value is -0.930. The van der Waals surface area contributed by atoms with Crippen LogP contribution in [0.4, 0.5) is 0 Å². The first-order chi connectivity index (χ1) is 10.9. The van der Waals surface area contributed by atoms with Crippen LogP contribution in [0.3, 0.4) is 0 Å². The van der Waals surface area contributed by atoms with E-state index in [2.05, 4.69) is 5.32 Å². The highest BCUT2D eigenvalue weighted by Gasteiger charge is 2.15. The van der Waals surface area contributed by atoms with Gasteiger partial charge in [0.15, 0.2) is 0 Å². The first kappa shape index (κ1) is 18.4. The van der Waals surface area contributed by atoms with Gasteiger partial charge in [0.25, 0.3) is 0 Å². The average Bonchev–Trinajstić information content (AvgIpc) is 2.58. The fourth-order valence-corrected chi connectivity index (χ4v) is 3.54. The molecule has 2 fully saturated rings. The number of rotatable bonds is 6. The summed E-state index contributed by atoms with van der Waals surface area (Å²) in [5, 5.41) is 3.36. The monoisotopic (exact) mass is 339 g/mol. The van der Waals surface area contributed by atoms with Gasteiger partial charge in [0, 0.05) is 0 Å². The lowest BCUT2D eigenvalue weighted by Gasteiger charge is -2.24.